The van der Waals surface area contributed by atoms with Gasteiger partial charge in [-0.05, 0) is 37.5 Å². The van der Waals surface area contributed by atoms with Gasteiger partial charge in [-0.25, -0.2) is 13.1 Å². The molecule has 0 radical (unpaired) electrons. The van der Waals surface area contributed by atoms with Crippen LogP contribution in [0.1, 0.15) is 44.9 Å². The Kier molecular flexibility index (Phi) is 4.72. The van der Waals surface area contributed by atoms with Crippen LogP contribution in [0.15, 0.2) is 0 Å². The summed E-state index contributed by atoms with van der Waals surface area (Å²) in [7, 11) is -3.06. The minimum Gasteiger partial charge on any atom is -0.215 e. The third-order valence-electron chi connectivity index (χ3n) is 3.95. The summed E-state index contributed by atoms with van der Waals surface area (Å²) in [5, 5.41) is 0.267. The van der Waals surface area contributed by atoms with Crippen LogP contribution in [0.3, 0.4) is 0 Å². The highest BCUT2D eigenvalue weighted by molar-refractivity contribution is 7.89. The first-order chi connectivity index (χ1) is 8.05. The van der Waals surface area contributed by atoms with Crippen molar-refractivity contribution in [3.05, 3.63) is 0 Å². The zero-order valence-corrected chi connectivity index (χ0v) is 11.8. The average Bonchev–Trinajstić information content (AvgIpc) is 2.24. The SMILES string of the molecule is O=S(=O)(CC1CCCCC1)NCC1CC(Cl)C1. The number of rotatable bonds is 5. The summed E-state index contributed by atoms with van der Waals surface area (Å²) in [6.45, 7) is 0.582. The standard InChI is InChI=1S/C12H22ClNO2S/c13-12-6-11(7-12)8-14-17(15,16)9-10-4-2-1-3-5-10/h10-12,14H,1-9H2. The quantitative estimate of drug-likeness (QED) is 0.786. The zero-order valence-electron chi connectivity index (χ0n) is 10.2. The highest BCUT2D eigenvalue weighted by atomic mass is 35.5. The van der Waals surface area contributed by atoms with Crippen molar-refractivity contribution in [2.24, 2.45) is 11.8 Å². The molecule has 0 unspecified atom stereocenters. The maximum atomic E-state index is 11.9. The van der Waals surface area contributed by atoms with Crippen LogP contribution in [0.5, 0.6) is 0 Å². The Morgan fingerprint density at radius 3 is 2.29 bits per heavy atom. The van der Waals surface area contributed by atoms with Crippen LogP contribution in [0.2, 0.25) is 0 Å². The third kappa shape index (κ3) is 4.42. The zero-order chi connectivity index (χ0) is 12.3. The van der Waals surface area contributed by atoms with Gasteiger partial charge < -0.3 is 0 Å². The van der Waals surface area contributed by atoms with Gasteiger partial charge in [0.15, 0.2) is 0 Å². The van der Waals surface area contributed by atoms with Crippen LogP contribution >= 0.6 is 11.6 Å². The van der Waals surface area contributed by atoms with E-state index in [0.29, 0.717) is 24.1 Å². The Labute approximate surface area is 109 Å². The van der Waals surface area contributed by atoms with E-state index >= 15 is 0 Å². The molecular weight excluding hydrogens is 258 g/mol. The summed E-state index contributed by atoms with van der Waals surface area (Å²) >= 11 is 5.87. The molecule has 2 saturated carbocycles. The largest absolute Gasteiger partial charge is 0.215 e. The second-order valence-electron chi connectivity index (χ2n) is 5.57. The molecule has 0 amide bonds. The maximum absolute atomic E-state index is 11.9. The molecule has 100 valence electrons. The number of hydrogen-bond donors (Lipinski definition) is 1. The van der Waals surface area contributed by atoms with Crippen molar-refractivity contribution < 1.29 is 8.42 Å². The predicted octanol–water partition coefficient (Wildman–Crippen LogP) is 2.50. The molecule has 0 saturated heterocycles. The lowest BCUT2D eigenvalue weighted by Gasteiger charge is -2.31. The van der Waals surface area contributed by atoms with Gasteiger partial charge in [-0.3, -0.25) is 0 Å². The molecular formula is C12H22ClNO2S. The summed E-state index contributed by atoms with van der Waals surface area (Å²) in [4.78, 5) is 0. The summed E-state index contributed by atoms with van der Waals surface area (Å²) < 4.78 is 26.5. The average molecular weight is 280 g/mol. The molecule has 3 nitrogen and oxygen atoms in total. The monoisotopic (exact) mass is 279 g/mol. The van der Waals surface area contributed by atoms with Crippen LogP contribution in [0.4, 0.5) is 0 Å². The molecule has 0 aromatic rings. The van der Waals surface area contributed by atoms with Crippen LogP contribution in [-0.4, -0.2) is 26.1 Å². The van der Waals surface area contributed by atoms with Crippen LogP contribution in [0, 0.1) is 11.8 Å². The number of nitrogens with one attached hydrogen (secondary N) is 1. The third-order valence-corrected chi connectivity index (χ3v) is 5.82. The van der Waals surface area contributed by atoms with Crippen molar-refractivity contribution in [2.45, 2.75) is 50.3 Å². The van der Waals surface area contributed by atoms with Gasteiger partial charge in [0.05, 0.1) is 5.75 Å². The fourth-order valence-corrected chi connectivity index (χ4v) is 4.85. The Balaban J connectivity index is 1.70. The van der Waals surface area contributed by atoms with Gasteiger partial charge in [-0.15, -0.1) is 11.6 Å². The Morgan fingerprint density at radius 2 is 1.71 bits per heavy atom. The van der Waals surface area contributed by atoms with Gasteiger partial charge in [0, 0.05) is 11.9 Å². The Bertz CT molecular complexity index is 332. The highest BCUT2D eigenvalue weighted by Gasteiger charge is 2.29. The molecule has 0 aromatic heterocycles. The summed E-state index contributed by atoms with van der Waals surface area (Å²) in [6, 6.07) is 0. The lowest BCUT2D eigenvalue weighted by molar-refractivity contribution is 0.322. The van der Waals surface area contributed by atoms with Crippen LogP contribution in [-0.2, 0) is 10.0 Å². The van der Waals surface area contributed by atoms with E-state index in [9.17, 15) is 8.42 Å². The lowest BCUT2D eigenvalue weighted by Crippen LogP contribution is -2.38. The van der Waals surface area contributed by atoms with Crippen molar-refractivity contribution >= 4 is 21.6 Å². The molecule has 0 aromatic carbocycles. The molecule has 2 aliphatic rings. The minimum absolute atomic E-state index is 0.267. The number of alkyl halides is 1. The number of hydrogen-bond acceptors (Lipinski definition) is 2. The molecule has 0 aliphatic heterocycles. The first-order valence-corrected chi connectivity index (χ1v) is 8.75. The van der Waals surface area contributed by atoms with Gasteiger partial charge in [0.1, 0.15) is 0 Å². The fourth-order valence-electron chi connectivity index (χ4n) is 2.79. The van der Waals surface area contributed by atoms with Gasteiger partial charge in [-0.1, -0.05) is 19.3 Å². The maximum Gasteiger partial charge on any atom is 0.211 e. The van der Waals surface area contributed by atoms with E-state index < -0.39 is 10.0 Å². The van der Waals surface area contributed by atoms with E-state index in [0.717, 1.165) is 25.7 Å². The number of sulfonamides is 1. The van der Waals surface area contributed by atoms with Crippen molar-refractivity contribution in [2.75, 3.05) is 12.3 Å². The van der Waals surface area contributed by atoms with Gasteiger partial charge in [0.25, 0.3) is 0 Å². The molecule has 2 rings (SSSR count). The second-order valence-corrected chi connectivity index (χ2v) is 8.04. The Hall–Kier alpha value is 0.200. The fraction of sp³-hybridized carbons (Fsp3) is 1.00. The van der Waals surface area contributed by atoms with Crippen LogP contribution in [0.25, 0.3) is 0 Å². The molecule has 0 spiro atoms. The highest BCUT2D eigenvalue weighted by Crippen LogP contribution is 2.31. The van der Waals surface area contributed by atoms with E-state index in [-0.39, 0.29) is 5.38 Å². The first-order valence-electron chi connectivity index (χ1n) is 6.66. The second kappa shape index (κ2) is 5.89. The summed E-state index contributed by atoms with van der Waals surface area (Å²) in [6.07, 6.45) is 7.71. The van der Waals surface area contributed by atoms with Crippen molar-refractivity contribution in [1.29, 1.82) is 0 Å². The van der Waals surface area contributed by atoms with E-state index in [2.05, 4.69) is 4.72 Å². The van der Waals surface area contributed by atoms with Crippen molar-refractivity contribution in [3.8, 4) is 0 Å². The summed E-state index contributed by atoms with van der Waals surface area (Å²) in [5.41, 5.74) is 0. The molecule has 2 aliphatic carbocycles. The van der Waals surface area contributed by atoms with E-state index in [1.165, 1.54) is 19.3 Å². The normalized spacial score (nSPS) is 31.1. The van der Waals surface area contributed by atoms with E-state index in [1.807, 2.05) is 0 Å². The van der Waals surface area contributed by atoms with Crippen molar-refractivity contribution in [1.82, 2.24) is 4.72 Å². The predicted molar refractivity (Wildman–Crippen MR) is 70.7 cm³/mol. The topological polar surface area (TPSA) is 46.2 Å². The van der Waals surface area contributed by atoms with Crippen LogP contribution < -0.4 is 4.72 Å². The van der Waals surface area contributed by atoms with E-state index in [1.54, 1.807) is 0 Å². The van der Waals surface area contributed by atoms with Gasteiger partial charge >= 0.3 is 0 Å². The molecule has 17 heavy (non-hydrogen) atoms. The molecule has 5 heteroatoms. The van der Waals surface area contributed by atoms with Gasteiger partial charge in [-0.2, -0.15) is 0 Å². The molecule has 0 bridgehead atoms. The minimum atomic E-state index is -3.06. The Morgan fingerprint density at radius 1 is 1.06 bits per heavy atom. The molecule has 1 N–H and O–H groups in total. The number of halogens is 1. The first kappa shape index (κ1) is 13.6. The molecule has 0 atom stereocenters. The van der Waals surface area contributed by atoms with E-state index in [4.69, 9.17) is 11.6 Å². The summed E-state index contributed by atoms with van der Waals surface area (Å²) in [5.74, 6) is 1.16. The van der Waals surface area contributed by atoms with Gasteiger partial charge in [0.2, 0.25) is 10.0 Å². The lowest BCUT2D eigenvalue weighted by atomic mass is 9.85. The smallest absolute Gasteiger partial charge is 0.211 e. The molecule has 2 fully saturated rings. The van der Waals surface area contributed by atoms with Crippen molar-refractivity contribution in [3.63, 3.8) is 0 Å². The molecule has 0 heterocycles.